The smallest absolute Gasteiger partial charge is 0.239 e. The van der Waals surface area contributed by atoms with Crippen LogP contribution in [0.1, 0.15) is 13.3 Å². The Kier molecular flexibility index (Phi) is 5.25. The predicted molar refractivity (Wildman–Crippen MR) is 45.5 cm³/mol. The fraction of sp³-hybridized carbons (Fsp3) is 0.571. The molecule has 0 fully saturated rings. The van der Waals surface area contributed by atoms with Crippen molar-refractivity contribution in [2.24, 2.45) is 5.73 Å². The lowest BCUT2D eigenvalue weighted by molar-refractivity contribution is -0.123. The number of nitrogens with one attached hydrogen (secondary N) is 2. The predicted octanol–water partition coefficient (Wildman–Crippen LogP) is -1.89. The maximum Gasteiger partial charge on any atom is 0.239 e. The van der Waals surface area contributed by atoms with E-state index in [1.54, 1.807) is 6.92 Å². The zero-order valence-electron chi connectivity index (χ0n) is 7.37. The van der Waals surface area contributed by atoms with Crippen LogP contribution in [0.25, 0.3) is 0 Å². The van der Waals surface area contributed by atoms with Gasteiger partial charge < -0.3 is 16.4 Å². The first kappa shape index (κ1) is 11.4. The van der Waals surface area contributed by atoms with Gasteiger partial charge in [-0.25, -0.2) is 0 Å². The minimum atomic E-state index is -0.476. The lowest BCUT2D eigenvalue weighted by Crippen LogP contribution is -2.40. The molecule has 0 aliphatic rings. The van der Waals surface area contributed by atoms with E-state index in [-0.39, 0.29) is 24.9 Å². The summed E-state index contributed by atoms with van der Waals surface area (Å²) in [6.45, 7) is 1.57. The SMILES string of the molecule is C[C@H](CC(N)=O)NC(=O)CNC=O. The molecule has 4 N–H and O–H groups in total. The summed E-state index contributed by atoms with van der Waals surface area (Å²) in [5, 5.41) is 4.68. The van der Waals surface area contributed by atoms with Crippen molar-refractivity contribution in [3.63, 3.8) is 0 Å². The lowest BCUT2D eigenvalue weighted by Gasteiger charge is -2.11. The van der Waals surface area contributed by atoms with Crippen LogP contribution >= 0.6 is 0 Å². The summed E-state index contributed by atoms with van der Waals surface area (Å²) in [6, 6.07) is -0.307. The summed E-state index contributed by atoms with van der Waals surface area (Å²) in [5.41, 5.74) is 4.91. The van der Waals surface area contributed by atoms with Crippen molar-refractivity contribution < 1.29 is 14.4 Å². The molecule has 0 radical (unpaired) electrons. The van der Waals surface area contributed by atoms with Crippen molar-refractivity contribution in [1.82, 2.24) is 10.6 Å². The molecule has 0 saturated heterocycles. The first-order valence-corrected chi connectivity index (χ1v) is 3.81. The van der Waals surface area contributed by atoms with Gasteiger partial charge in [-0.05, 0) is 6.92 Å². The van der Waals surface area contributed by atoms with Crippen molar-refractivity contribution in [3.8, 4) is 0 Å². The number of primary amides is 1. The van der Waals surface area contributed by atoms with E-state index in [0.29, 0.717) is 6.41 Å². The molecule has 3 amide bonds. The van der Waals surface area contributed by atoms with Gasteiger partial charge in [-0.15, -0.1) is 0 Å². The Hall–Kier alpha value is -1.59. The Labute approximate surface area is 75.9 Å². The van der Waals surface area contributed by atoms with Crippen LogP contribution in [0.3, 0.4) is 0 Å². The van der Waals surface area contributed by atoms with E-state index >= 15 is 0 Å². The molecule has 6 nitrogen and oxygen atoms in total. The second kappa shape index (κ2) is 5.99. The van der Waals surface area contributed by atoms with Gasteiger partial charge in [0.2, 0.25) is 18.2 Å². The van der Waals surface area contributed by atoms with Crippen molar-refractivity contribution >= 4 is 18.2 Å². The van der Waals surface area contributed by atoms with Crippen molar-refractivity contribution in [3.05, 3.63) is 0 Å². The molecule has 0 aromatic heterocycles. The molecule has 0 aromatic rings. The highest BCUT2D eigenvalue weighted by Crippen LogP contribution is 1.87. The minimum Gasteiger partial charge on any atom is -0.370 e. The van der Waals surface area contributed by atoms with Crippen LogP contribution in [0.5, 0.6) is 0 Å². The average molecular weight is 187 g/mol. The molecule has 0 aliphatic heterocycles. The average Bonchev–Trinajstić information content (AvgIpc) is 1.98. The number of nitrogens with two attached hydrogens (primary N) is 1. The highest BCUT2D eigenvalue weighted by atomic mass is 16.2. The molecule has 0 bridgehead atoms. The number of carbonyl (C=O) groups is 3. The van der Waals surface area contributed by atoms with Gasteiger partial charge in [0, 0.05) is 12.5 Å². The molecule has 0 aromatic carbocycles. The molecule has 1 atom stereocenters. The number of hydrogen-bond donors (Lipinski definition) is 3. The summed E-state index contributed by atoms with van der Waals surface area (Å²) >= 11 is 0. The summed E-state index contributed by atoms with van der Waals surface area (Å²) < 4.78 is 0. The highest BCUT2D eigenvalue weighted by molar-refractivity contribution is 5.81. The Morgan fingerprint density at radius 1 is 1.54 bits per heavy atom. The van der Waals surface area contributed by atoms with E-state index in [0.717, 1.165) is 0 Å². The van der Waals surface area contributed by atoms with Gasteiger partial charge in [0.1, 0.15) is 0 Å². The van der Waals surface area contributed by atoms with E-state index in [9.17, 15) is 14.4 Å². The van der Waals surface area contributed by atoms with Crippen LogP contribution < -0.4 is 16.4 Å². The van der Waals surface area contributed by atoms with E-state index in [1.807, 2.05) is 0 Å². The van der Waals surface area contributed by atoms with Crippen LogP contribution in [-0.4, -0.2) is 30.8 Å². The van der Waals surface area contributed by atoms with Crippen LogP contribution in [0.4, 0.5) is 0 Å². The van der Waals surface area contributed by atoms with Gasteiger partial charge in [-0.3, -0.25) is 14.4 Å². The van der Waals surface area contributed by atoms with Crippen LogP contribution in [0.2, 0.25) is 0 Å². The molecule has 6 heteroatoms. The molecule has 13 heavy (non-hydrogen) atoms. The Morgan fingerprint density at radius 2 is 2.15 bits per heavy atom. The van der Waals surface area contributed by atoms with Gasteiger partial charge >= 0.3 is 0 Å². The molecule has 0 rings (SSSR count). The molecule has 0 unspecified atom stereocenters. The summed E-state index contributed by atoms with van der Waals surface area (Å²) in [6.07, 6.45) is 0.519. The van der Waals surface area contributed by atoms with Gasteiger partial charge in [-0.2, -0.15) is 0 Å². The summed E-state index contributed by atoms with van der Waals surface area (Å²) in [5.74, 6) is -0.822. The van der Waals surface area contributed by atoms with Crippen molar-refractivity contribution in [2.75, 3.05) is 6.54 Å². The second-order valence-corrected chi connectivity index (χ2v) is 2.64. The fourth-order valence-corrected chi connectivity index (χ4v) is 0.813. The fourth-order valence-electron chi connectivity index (χ4n) is 0.813. The van der Waals surface area contributed by atoms with Crippen molar-refractivity contribution in [1.29, 1.82) is 0 Å². The van der Waals surface area contributed by atoms with Crippen LogP contribution in [0.15, 0.2) is 0 Å². The van der Waals surface area contributed by atoms with Crippen LogP contribution in [-0.2, 0) is 14.4 Å². The zero-order chi connectivity index (χ0) is 10.3. The van der Waals surface area contributed by atoms with Gasteiger partial charge in [0.15, 0.2) is 0 Å². The van der Waals surface area contributed by atoms with Gasteiger partial charge in [-0.1, -0.05) is 0 Å². The first-order valence-electron chi connectivity index (χ1n) is 3.81. The number of carbonyl (C=O) groups excluding carboxylic acids is 3. The largest absolute Gasteiger partial charge is 0.370 e. The second-order valence-electron chi connectivity index (χ2n) is 2.64. The lowest BCUT2D eigenvalue weighted by atomic mass is 10.2. The summed E-state index contributed by atoms with van der Waals surface area (Å²) in [4.78, 5) is 31.1. The standard InChI is InChI=1S/C7H13N3O3/c1-5(2-6(8)12)10-7(13)3-9-4-11/h4-5H,2-3H2,1H3,(H2,8,12)(H,9,11)(H,10,13)/t5-/m1/s1. The molecular weight excluding hydrogens is 174 g/mol. The molecule has 0 saturated carbocycles. The quantitative estimate of drug-likeness (QED) is 0.424. The molecule has 0 aliphatic carbocycles. The van der Waals surface area contributed by atoms with Gasteiger partial charge in [0.25, 0.3) is 0 Å². The molecular formula is C7H13N3O3. The summed E-state index contributed by atoms with van der Waals surface area (Å²) in [7, 11) is 0. The number of amides is 3. The zero-order valence-corrected chi connectivity index (χ0v) is 7.37. The van der Waals surface area contributed by atoms with Gasteiger partial charge in [0.05, 0.1) is 6.54 Å². The Bertz CT molecular complexity index is 205. The Balaban J connectivity index is 3.64. The van der Waals surface area contributed by atoms with E-state index < -0.39 is 5.91 Å². The van der Waals surface area contributed by atoms with Crippen LogP contribution in [0, 0.1) is 0 Å². The van der Waals surface area contributed by atoms with Crippen molar-refractivity contribution in [2.45, 2.75) is 19.4 Å². The third-order valence-electron chi connectivity index (χ3n) is 1.26. The third-order valence-corrected chi connectivity index (χ3v) is 1.26. The maximum atomic E-state index is 10.9. The van der Waals surface area contributed by atoms with E-state index in [1.165, 1.54) is 0 Å². The number of hydrogen-bond acceptors (Lipinski definition) is 3. The third kappa shape index (κ3) is 6.79. The molecule has 0 heterocycles. The normalized spacial score (nSPS) is 11.5. The Morgan fingerprint density at radius 3 is 2.62 bits per heavy atom. The monoisotopic (exact) mass is 187 g/mol. The number of rotatable bonds is 6. The van der Waals surface area contributed by atoms with E-state index in [4.69, 9.17) is 5.73 Å². The highest BCUT2D eigenvalue weighted by Gasteiger charge is 2.08. The molecule has 74 valence electrons. The molecule has 0 spiro atoms. The van der Waals surface area contributed by atoms with E-state index in [2.05, 4.69) is 10.6 Å². The first-order chi connectivity index (χ1) is 6.06. The minimum absolute atomic E-state index is 0.0901. The topological polar surface area (TPSA) is 101 Å². The maximum absolute atomic E-state index is 10.9.